The van der Waals surface area contributed by atoms with Crippen molar-refractivity contribution in [2.24, 2.45) is 29.1 Å². The van der Waals surface area contributed by atoms with Crippen LogP contribution in [0.25, 0.3) is 0 Å². The molecule has 0 aromatic rings. The molecule has 0 spiro atoms. The summed E-state index contributed by atoms with van der Waals surface area (Å²) < 4.78 is 0. The topological polar surface area (TPSA) is 12.0 Å². The fraction of sp³-hybridized carbons (Fsp3) is 1.00. The van der Waals surface area contributed by atoms with Crippen molar-refractivity contribution in [2.75, 3.05) is 13.1 Å². The Balaban J connectivity index is 1.61. The van der Waals surface area contributed by atoms with Crippen LogP contribution in [-0.4, -0.2) is 13.1 Å². The molecule has 0 saturated heterocycles. The number of hydrogen-bond acceptors (Lipinski definition) is 1. The van der Waals surface area contributed by atoms with Gasteiger partial charge in [-0.1, -0.05) is 47.0 Å². The fourth-order valence-corrected chi connectivity index (χ4v) is 4.40. The molecule has 1 nitrogen and oxygen atoms in total. The van der Waals surface area contributed by atoms with Gasteiger partial charge in [0.15, 0.2) is 0 Å². The van der Waals surface area contributed by atoms with E-state index in [9.17, 15) is 0 Å². The van der Waals surface area contributed by atoms with Gasteiger partial charge in [-0.25, -0.2) is 0 Å². The van der Waals surface area contributed by atoms with Crippen LogP contribution in [0.15, 0.2) is 0 Å². The smallest absolute Gasteiger partial charge is 0.00179 e. The molecule has 1 N–H and O–H groups in total. The number of rotatable bonds is 4. The standard InChI is InChI=1S/C19H37N/c1-15-7-5-6-8-17(15)14-20-13-16-9-11-18(12-10-16)19(2,3)4/h15-18,20H,5-14H2,1-4H3. The van der Waals surface area contributed by atoms with Gasteiger partial charge in [-0.15, -0.1) is 0 Å². The zero-order valence-electron chi connectivity index (χ0n) is 14.4. The molecule has 2 rings (SSSR count). The molecule has 1 heteroatoms. The molecule has 2 fully saturated rings. The van der Waals surface area contributed by atoms with E-state index >= 15 is 0 Å². The average Bonchev–Trinajstić information content (AvgIpc) is 2.40. The predicted molar refractivity (Wildman–Crippen MR) is 88.9 cm³/mol. The zero-order valence-corrected chi connectivity index (χ0v) is 14.4. The Hall–Kier alpha value is -0.0400. The van der Waals surface area contributed by atoms with E-state index in [-0.39, 0.29) is 0 Å². The molecular formula is C19H37N. The third kappa shape index (κ3) is 4.76. The lowest BCUT2D eigenvalue weighted by atomic mass is 9.70. The molecule has 20 heavy (non-hydrogen) atoms. The maximum Gasteiger partial charge on any atom is -0.00179 e. The molecule has 2 atom stereocenters. The van der Waals surface area contributed by atoms with Crippen LogP contribution < -0.4 is 5.32 Å². The van der Waals surface area contributed by atoms with Crippen LogP contribution in [0, 0.1) is 29.1 Å². The molecule has 0 bridgehead atoms. The van der Waals surface area contributed by atoms with Crippen molar-refractivity contribution in [2.45, 2.75) is 79.1 Å². The summed E-state index contributed by atoms with van der Waals surface area (Å²) in [5, 5.41) is 3.81. The summed E-state index contributed by atoms with van der Waals surface area (Å²) in [6.45, 7) is 12.3. The average molecular weight is 280 g/mol. The molecule has 0 radical (unpaired) electrons. The largest absolute Gasteiger partial charge is 0.316 e. The Morgan fingerprint density at radius 3 is 2.10 bits per heavy atom. The van der Waals surface area contributed by atoms with Crippen LogP contribution in [0.2, 0.25) is 0 Å². The van der Waals surface area contributed by atoms with Crippen molar-refractivity contribution < 1.29 is 0 Å². The molecule has 0 aliphatic heterocycles. The van der Waals surface area contributed by atoms with Crippen molar-refractivity contribution in [3.63, 3.8) is 0 Å². The van der Waals surface area contributed by atoms with Crippen LogP contribution >= 0.6 is 0 Å². The highest BCUT2D eigenvalue weighted by Crippen LogP contribution is 2.39. The first-order valence-electron chi connectivity index (χ1n) is 9.17. The van der Waals surface area contributed by atoms with Gasteiger partial charge >= 0.3 is 0 Å². The Kier molecular flexibility index (Phi) is 5.95. The van der Waals surface area contributed by atoms with E-state index in [0.29, 0.717) is 5.41 Å². The van der Waals surface area contributed by atoms with Crippen molar-refractivity contribution in [1.82, 2.24) is 5.32 Å². The summed E-state index contributed by atoms with van der Waals surface area (Å²) in [5.74, 6) is 3.81. The number of nitrogens with one attached hydrogen (secondary N) is 1. The van der Waals surface area contributed by atoms with E-state index in [1.165, 1.54) is 64.5 Å². The van der Waals surface area contributed by atoms with E-state index in [0.717, 1.165) is 23.7 Å². The molecule has 0 amide bonds. The van der Waals surface area contributed by atoms with E-state index in [4.69, 9.17) is 0 Å². The summed E-state index contributed by atoms with van der Waals surface area (Å²) in [6, 6.07) is 0. The summed E-state index contributed by atoms with van der Waals surface area (Å²) in [7, 11) is 0. The van der Waals surface area contributed by atoms with E-state index in [2.05, 4.69) is 33.0 Å². The van der Waals surface area contributed by atoms with Crippen LogP contribution in [0.5, 0.6) is 0 Å². The van der Waals surface area contributed by atoms with Crippen LogP contribution in [0.4, 0.5) is 0 Å². The number of hydrogen-bond donors (Lipinski definition) is 1. The van der Waals surface area contributed by atoms with Crippen LogP contribution in [0.3, 0.4) is 0 Å². The van der Waals surface area contributed by atoms with Gasteiger partial charge in [0.25, 0.3) is 0 Å². The van der Waals surface area contributed by atoms with Crippen molar-refractivity contribution in [3.05, 3.63) is 0 Å². The predicted octanol–water partition coefficient (Wildman–Crippen LogP) is 5.25. The Morgan fingerprint density at radius 1 is 0.850 bits per heavy atom. The second-order valence-corrected chi connectivity index (χ2v) is 8.76. The molecule has 0 aromatic heterocycles. The summed E-state index contributed by atoms with van der Waals surface area (Å²) in [5.41, 5.74) is 0.524. The third-order valence-electron chi connectivity index (χ3n) is 6.20. The van der Waals surface area contributed by atoms with Gasteiger partial charge in [-0.2, -0.15) is 0 Å². The highest BCUT2D eigenvalue weighted by atomic mass is 14.9. The lowest BCUT2D eigenvalue weighted by molar-refractivity contribution is 0.147. The fourth-order valence-electron chi connectivity index (χ4n) is 4.40. The van der Waals surface area contributed by atoms with E-state index in [1.54, 1.807) is 0 Å². The second-order valence-electron chi connectivity index (χ2n) is 8.76. The third-order valence-corrected chi connectivity index (χ3v) is 6.20. The molecule has 2 aliphatic rings. The van der Waals surface area contributed by atoms with Gasteiger partial charge in [0, 0.05) is 0 Å². The highest BCUT2D eigenvalue weighted by molar-refractivity contribution is 4.82. The monoisotopic (exact) mass is 279 g/mol. The first kappa shape index (κ1) is 16.3. The van der Waals surface area contributed by atoms with Gasteiger partial charge < -0.3 is 5.32 Å². The maximum absolute atomic E-state index is 3.81. The Labute approximate surface area is 127 Å². The van der Waals surface area contributed by atoms with Crippen LogP contribution in [-0.2, 0) is 0 Å². The minimum Gasteiger partial charge on any atom is -0.316 e. The van der Waals surface area contributed by atoms with E-state index < -0.39 is 0 Å². The minimum absolute atomic E-state index is 0.524. The van der Waals surface area contributed by atoms with Crippen molar-refractivity contribution >= 4 is 0 Å². The molecule has 0 heterocycles. The Bertz CT molecular complexity index is 270. The lowest BCUT2D eigenvalue weighted by Gasteiger charge is -2.37. The summed E-state index contributed by atoms with van der Waals surface area (Å²) in [4.78, 5) is 0. The van der Waals surface area contributed by atoms with Crippen molar-refractivity contribution in [3.8, 4) is 0 Å². The zero-order chi connectivity index (χ0) is 14.6. The normalized spacial score (nSPS) is 36.0. The molecule has 2 saturated carbocycles. The molecular weight excluding hydrogens is 242 g/mol. The van der Waals surface area contributed by atoms with Crippen LogP contribution in [0.1, 0.15) is 79.1 Å². The lowest BCUT2D eigenvalue weighted by Crippen LogP contribution is -2.34. The molecule has 2 aliphatic carbocycles. The SMILES string of the molecule is CC1CCCCC1CNCC1CCC(C(C)(C)C)CC1. The molecule has 0 aromatic carbocycles. The van der Waals surface area contributed by atoms with Gasteiger partial charge in [-0.05, 0) is 74.3 Å². The summed E-state index contributed by atoms with van der Waals surface area (Å²) in [6.07, 6.45) is 11.7. The molecule has 2 unspecified atom stereocenters. The first-order chi connectivity index (χ1) is 9.47. The molecule has 118 valence electrons. The van der Waals surface area contributed by atoms with Gasteiger partial charge in [-0.3, -0.25) is 0 Å². The minimum atomic E-state index is 0.524. The quantitative estimate of drug-likeness (QED) is 0.740. The van der Waals surface area contributed by atoms with Gasteiger partial charge in [0.2, 0.25) is 0 Å². The summed E-state index contributed by atoms with van der Waals surface area (Å²) >= 11 is 0. The van der Waals surface area contributed by atoms with Gasteiger partial charge in [0.1, 0.15) is 0 Å². The second kappa shape index (κ2) is 7.29. The first-order valence-corrected chi connectivity index (χ1v) is 9.17. The van der Waals surface area contributed by atoms with Gasteiger partial charge in [0.05, 0.1) is 0 Å². The van der Waals surface area contributed by atoms with E-state index in [1.807, 2.05) is 0 Å². The van der Waals surface area contributed by atoms with Crippen molar-refractivity contribution in [1.29, 1.82) is 0 Å². The Morgan fingerprint density at radius 2 is 1.50 bits per heavy atom. The maximum atomic E-state index is 3.81. The highest BCUT2D eigenvalue weighted by Gasteiger charge is 2.29.